The number of esters is 1. The standard InChI is InChI=1S/C15H20O2/c1-9-5-4-6-15(3)8-13-11(7-12(9)15)10(2)14(16)17-13/h5,11-13H,2,4,6-8H2,1,3H3/t11-,12?,13-,15-/m0/s1. The molecule has 0 aromatic carbocycles. The van der Waals surface area contributed by atoms with Crippen molar-refractivity contribution in [2.24, 2.45) is 17.3 Å². The molecule has 1 aliphatic heterocycles. The predicted octanol–water partition coefficient (Wildman–Crippen LogP) is 3.24. The van der Waals surface area contributed by atoms with Crippen LogP contribution in [0.5, 0.6) is 0 Å². The van der Waals surface area contributed by atoms with Gasteiger partial charge in [-0.15, -0.1) is 0 Å². The highest BCUT2D eigenvalue weighted by molar-refractivity contribution is 5.90. The number of ether oxygens (including phenoxy) is 1. The van der Waals surface area contributed by atoms with Crippen LogP contribution in [0.2, 0.25) is 0 Å². The van der Waals surface area contributed by atoms with Gasteiger partial charge in [-0.3, -0.25) is 0 Å². The minimum atomic E-state index is -0.163. The van der Waals surface area contributed by atoms with Crippen LogP contribution in [0.25, 0.3) is 0 Å². The Balaban J connectivity index is 1.93. The Morgan fingerprint density at radius 1 is 1.53 bits per heavy atom. The number of rotatable bonds is 0. The summed E-state index contributed by atoms with van der Waals surface area (Å²) in [5, 5.41) is 0. The summed E-state index contributed by atoms with van der Waals surface area (Å²) in [5.74, 6) is 0.717. The largest absolute Gasteiger partial charge is 0.458 e. The van der Waals surface area contributed by atoms with Crippen LogP contribution in [0.1, 0.15) is 39.5 Å². The van der Waals surface area contributed by atoms with Crippen molar-refractivity contribution in [2.45, 2.75) is 45.6 Å². The van der Waals surface area contributed by atoms with Gasteiger partial charge in [-0.25, -0.2) is 4.79 Å². The molecule has 17 heavy (non-hydrogen) atoms. The molecular weight excluding hydrogens is 212 g/mol. The highest BCUT2D eigenvalue weighted by Crippen LogP contribution is 2.55. The fourth-order valence-corrected chi connectivity index (χ4v) is 4.07. The van der Waals surface area contributed by atoms with E-state index in [0.717, 1.165) is 12.8 Å². The van der Waals surface area contributed by atoms with Crippen molar-refractivity contribution < 1.29 is 9.53 Å². The van der Waals surface area contributed by atoms with Crippen LogP contribution >= 0.6 is 0 Å². The van der Waals surface area contributed by atoms with Gasteiger partial charge in [0.2, 0.25) is 0 Å². The van der Waals surface area contributed by atoms with Crippen LogP contribution in [0.15, 0.2) is 23.8 Å². The van der Waals surface area contributed by atoms with E-state index < -0.39 is 0 Å². The average Bonchev–Trinajstić information content (AvgIpc) is 2.52. The van der Waals surface area contributed by atoms with Gasteiger partial charge in [-0.2, -0.15) is 0 Å². The summed E-state index contributed by atoms with van der Waals surface area (Å²) in [5.41, 5.74) is 2.53. The second-order valence-corrected chi connectivity index (χ2v) is 6.21. The van der Waals surface area contributed by atoms with E-state index in [-0.39, 0.29) is 18.0 Å². The lowest BCUT2D eigenvalue weighted by Crippen LogP contribution is -2.42. The second kappa shape index (κ2) is 3.47. The molecule has 0 N–H and O–H groups in total. The zero-order valence-corrected chi connectivity index (χ0v) is 10.7. The number of carbonyl (C=O) groups excluding carboxylic acids is 1. The molecule has 2 heteroatoms. The van der Waals surface area contributed by atoms with Crippen LogP contribution in [0, 0.1) is 17.3 Å². The fraction of sp³-hybridized carbons (Fsp3) is 0.667. The number of hydrogen-bond donors (Lipinski definition) is 0. The van der Waals surface area contributed by atoms with Crippen molar-refractivity contribution in [3.05, 3.63) is 23.8 Å². The summed E-state index contributed by atoms with van der Waals surface area (Å²) in [4.78, 5) is 11.6. The first kappa shape index (κ1) is 11.1. The number of allylic oxidation sites excluding steroid dienone is 2. The summed E-state index contributed by atoms with van der Waals surface area (Å²) in [6.07, 6.45) is 6.93. The van der Waals surface area contributed by atoms with Gasteiger partial charge < -0.3 is 4.74 Å². The molecule has 3 aliphatic rings. The first-order valence-electron chi connectivity index (χ1n) is 6.58. The molecule has 4 atom stereocenters. The maximum atomic E-state index is 11.6. The molecule has 1 saturated carbocycles. The predicted molar refractivity (Wildman–Crippen MR) is 66.3 cm³/mol. The lowest BCUT2D eigenvalue weighted by molar-refractivity contribution is -0.142. The second-order valence-electron chi connectivity index (χ2n) is 6.21. The number of fused-ring (bicyclic) bond motifs is 2. The molecule has 2 fully saturated rings. The highest BCUT2D eigenvalue weighted by atomic mass is 16.6. The SMILES string of the molecule is C=C1C(=O)O[C@H]2C[C@]3(C)CCC=C(C)C3C[C@@H]12. The van der Waals surface area contributed by atoms with Crippen LogP contribution in [0.4, 0.5) is 0 Å². The fourth-order valence-electron chi connectivity index (χ4n) is 4.07. The Labute approximate surface area is 103 Å². The summed E-state index contributed by atoms with van der Waals surface area (Å²) >= 11 is 0. The smallest absolute Gasteiger partial charge is 0.334 e. The summed E-state index contributed by atoms with van der Waals surface area (Å²) in [7, 11) is 0. The quantitative estimate of drug-likeness (QED) is 0.364. The Morgan fingerprint density at radius 3 is 3.06 bits per heavy atom. The third-order valence-electron chi connectivity index (χ3n) is 5.15. The third-order valence-corrected chi connectivity index (χ3v) is 5.15. The Morgan fingerprint density at radius 2 is 2.29 bits per heavy atom. The van der Waals surface area contributed by atoms with E-state index in [9.17, 15) is 4.79 Å². The van der Waals surface area contributed by atoms with Crippen molar-refractivity contribution in [1.82, 2.24) is 0 Å². The van der Waals surface area contributed by atoms with Gasteiger partial charge in [0.05, 0.1) is 0 Å². The maximum Gasteiger partial charge on any atom is 0.334 e. The maximum absolute atomic E-state index is 11.6. The van der Waals surface area contributed by atoms with Gasteiger partial charge in [0.15, 0.2) is 0 Å². The Bertz CT molecular complexity index is 421. The minimum Gasteiger partial charge on any atom is -0.458 e. The zero-order valence-electron chi connectivity index (χ0n) is 10.7. The van der Waals surface area contributed by atoms with E-state index in [4.69, 9.17) is 4.74 Å². The van der Waals surface area contributed by atoms with Crippen molar-refractivity contribution in [3.63, 3.8) is 0 Å². The molecule has 0 aromatic heterocycles. The molecule has 0 radical (unpaired) electrons. The van der Waals surface area contributed by atoms with Crippen molar-refractivity contribution in [3.8, 4) is 0 Å². The minimum absolute atomic E-state index is 0.0992. The van der Waals surface area contributed by atoms with E-state index >= 15 is 0 Å². The molecule has 3 rings (SSSR count). The lowest BCUT2D eigenvalue weighted by Gasteiger charge is -2.48. The monoisotopic (exact) mass is 232 g/mol. The van der Waals surface area contributed by atoms with Gasteiger partial charge in [0.1, 0.15) is 6.10 Å². The molecule has 0 bridgehead atoms. The molecule has 0 spiro atoms. The Hall–Kier alpha value is -1.05. The van der Waals surface area contributed by atoms with Gasteiger partial charge in [-0.1, -0.05) is 25.2 Å². The Kier molecular flexibility index (Phi) is 2.26. The number of carbonyl (C=O) groups is 1. The van der Waals surface area contributed by atoms with E-state index in [1.54, 1.807) is 0 Å². The molecule has 0 aromatic rings. The van der Waals surface area contributed by atoms with Crippen molar-refractivity contribution in [1.29, 1.82) is 0 Å². The van der Waals surface area contributed by atoms with Crippen LogP contribution in [-0.4, -0.2) is 12.1 Å². The summed E-state index contributed by atoms with van der Waals surface area (Å²) < 4.78 is 5.47. The molecule has 92 valence electrons. The molecule has 0 amide bonds. The van der Waals surface area contributed by atoms with Crippen molar-refractivity contribution >= 4 is 5.97 Å². The molecule has 1 unspecified atom stereocenters. The summed E-state index contributed by atoms with van der Waals surface area (Å²) in [6, 6.07) is 0. The van der Waals surface area contributed by atoms with Crippen LogP contribution < -0.4 is 0 Å². The summed E-state index contributed by atoms with van der Waals surface area (Å²) in [6.45, 7) is 8.51. The first-order valence-corrected chi connectivity index (χ1v) is 6.58. The molecule has 1 heterocycles. The lowest BCUT2D eigenvalue weighted by atomic mass is 9.57. The number of hydrogen-bond acceptors (Lipinski definition) is 2. The third kappa shape index (κ3) is 1.50. The molecule has 2 aliphatic carbocycles. The van der Waals surface area contributed by atoms with Crippen molar-refractivity contribution in [2.75, 3.05) is 0 Å². The molecular formula is C15H20O2. The normalized spacial score (nSPS) is 44.8. The van der Waals surface area contributed by atoms with E-state index in [1.165, 1.54) is 18.4 Å². The average molecular weight is 232 g/mol. The zero-order chi connectivity index (χ0) is 12.2. The molecule has 2 nitrogen and oxygen atoms in total. The van der Waals surface area contributed by atoms with Gasteiger partial charge >= 0.3 is 5.97 Å². The topological polar surface area (TPSA) is 26.3 Å². The van der Waals surface area contributed by atoms with E-state index in [0.29, 0.717) is 16.9 Å². The van der Waals surface area contributed by atoms with Gasteiger partial charge in [0, 0.05) is 11.5 Å². The first-order chi connectivity index (χ1) is 8.01. The molecule has 1 saturated heterocycles. The van der Waals surface area contributed by atoms with E-state index in [2.05, 4.69) is 26.5 Å². The van der Waals surface area contributed by atoms with Gasteiger partial charge in [-0.05, 0) is 43.9 Å². The highest BCUT2D eigenvalue weighted by Gasteiger charge is 2.51. The van der Waals surface area contributed by atoms with Gasteiger partial charge in [0.25, 0.3) is 0 Å². The van der Waals surface area contributed by atoms with Crippen LogP contribution in [0.3, 0.4) is 0 Å². The van der Waals surface area contributed by atoms with E-state index in [1.807, 2.05) is 0 Å². The van der Waals surface area contributed by atoms with Crippen LogP contribution in [-0.2, 0) is 9.53 Å².